The zero-order valence-corrected chi connectivity index (χ0v) is 12.1. The molecule has 0 saturated heterocycles. The Morgan fingerprint density at radius 3 is 2.61 bits per heavy atom. The van der Waals surface area contributed by atoms with Crippen molar-refractivity contribution in [3.63, 3.8) is 0 Å². The zero-order valence-electron chi connectivity index (χ0n) is 9.78. The molecule has 0 saturated carbocycles. The van der Waals surface area contributed by atoms with E-state index < -0.39 is 0 Å². The highest BCUT2D eigenvalue weighted by molar-refractivity contribution is 9.10. The van der Waals surface area contributed by atoms with Gasteiger partial charge < -0.3 is 9.47 Å². The second-order valence-corrected chi connectivity index (χ2v) is 4.61. The van der Waals surface area contributed by atoms with Gasteiger partial charge in [0.1, 0.15) is 16.7 Å². The Morgan fingerprint density at radius 1 is 1.22 bits per heavy atom. The van der Waals surface area contributed by atoms with Crippen LogP contribution in [0.15, 0.2) is 28.9 Å². The van der Waals surface area contributed by atoms with Gasteiger partial charge >= 0.3 is 0 Å². The highest BCUT2D eigenvalue weighted by Gasteiger charge is 2.12. The minimum atomic E-state index is 0.352. The molecule has 0 spiro atoms. The van der Waals surface area contributed by atoms with Gasteiger partial charge in [-0.05, 0) is 34.1 Å². The molecule has 0 unspecified atom stereocenters. The topological polar surface area (TPSA) is 44.2 Å². The summed E-state index contributed by atoms with van der Waals surface area (Å²) >= 11 is 9.22. The summed E-state index contributed by atoms with van der Waals surface area (Å²) in [5.74, 6) is 1.85. The normalized spacial score (nSPS) is 10.2. The van der Waals surface area contributed by atoms with E-state index in [0.717, 1.165) is 5.56 Å². The molecular weight excluding hydrogens is 320 g/mol. The van der Waals surface area contributed by atoms with Crippen LogP contribution >= 0.6 is 27.5 Å². The molecule has 2 aromatic rings. The Bertz CT molecular complexity index is 578. The Kier molecular flexibility index (Phi) is 4.04. The summed E-state index contributed by atoms with van der Waals surface area (Å²) in [5.41, 5.74) is 0.728. The van der Waals surface area contributed by atoms with Crippen molar-refractivity contribution in [1.82, 2.24) is 9.97 Å². The fourth-order valence-corrected chi connectivity index (χ4v) is 1.78. The average molecular weight is 330 g/mol. The van der Waals surface area contributed by atoms with Gasteiger partial charge in [-0.15, -0.1) is 0 Å². The first kappa shape index (κ1) is 13.1. The van der Waals surface area contributed by atoms with Gasteiger partial charge in [-0.3, -0.25) is 0 Å². The van der Waals surface area contributed by atoms with Crippen LogP contribution < -0.4 is 9.47 Å². The van der Waals surface area contributed by atoms with Gasteiger partial charge in [-0.25, -0.2) is 9.97 Å². The number of methoxy groups -OCH3 is 2. The summed E-state index contributed by atoms with van der Waals surface area (Å²) in [6.45, 7) is 0. The van der Waals surface area contributed by atoms with Gasteiger partial charge in [0.25, 0.3) is 0 Å². The van der Waals surface area contributed by atoms with Crippen molar-refractivity contribution in [3.8, 4) is 22.9 Å². The fourth-order valence-electron chi connectivity index (χ4n) is 1.46. The van der Waals surface area contributed by atoms with Crippen LogP contribution in [-0.4, -0.2) is 24.2 Å². The maximum absolute atomic E-state index is 5.96. The van der Waals surface area contributed by atoms with E-state index in [0.29, 0.717) is 26.9 Å². The van der Waals surface area contributed by atoms with E-state index >= 15 is 0 Å². The largest absolute Gasteiger partial charge is 0.497 e. The Hall–Kier alpha value is -1.33. The molecule has 0 fully saturated rings. The lowest BCUT2D eigenvalue weighted by Gasteiger charge is -2.09. The molecule has 0 radical (unpaired) electrons. The highest BCUT2D eigenvalue weighted by atomic mass is 79.9. The van der Waals surface area contributed by atoms with Crippen molar-refractivity contribution < 1.29 is 9.47 Å². The number of hydrogen-bond acceptors (Lipinski definition) is 4. The zero-order chi connectivity index (χ0) is 13.1. The van der Waals surface area contributed by atoms with Gasteiger partial charge in [0.2, 0.25) is 0 Å². The maximum Gasteiger partial charge on any atom is 0.164 e. The SMILES string of the molecule is COc1ccc(OC)c(-c2ncc(Br)c(Cl)n2)c1. The minimum absolute atomic E-state index is 0.352. The van der Waals surface area contributed by atoms with Crippen LogP contribution in [0.1, 0.15) is 0 Å². The molecule has 0 atom stereocenters. The summed E-state index contributed by atoms with van der Waals surface area (Å²) in [7, 11) is 3.19. The van der Waals surface area contributed by atoms with E-state index in [9.17, 15) is 0 Å². The minimum Gasteiger partial charge on any atom is -0.497 e. The summed E-state index contributed by atoms with van der Waals surface area (Å²) in [5, 5.41) is 0.352. The molecule has 0 aliphatic heterocycles. The van der Waals surface area contributed by atoms with Crippen LogP contribution in [0.5, 0.6) is 11.5 Å². The standard InChI is InChI=1S/C12H10BrClN2O2/c1-17-7-3-4-10(18-2)8(5-7)12-15-6-9(13)11(14)16-12/h3-6H,1-2H3. The van der Waals surface area contributed by atoms with Crippen molar-refractivity contribution in [2.75, 3.05) is 14.2 Å². The number of benzene rings is 1. The molecule has 1 heterocycles. The highest BCUT2D eigenvalue weighted by Crippen LogP contribution is 2.32. The first-order chi connectivity index (χ1) is 8.65. The van der Waals surface area contributed by atoms with Crippen molar-refractivity contribution in [3.05, 3.63) is 34.0 Å². The first-order valence-electron chi connectivity index (χ1n) is 5.06. The number of nitrogens with zero attached hydrogens (tertiary/aromatic N) is 2. The predicted octanol–water partition coefficient (Wildman–Crippen LogP) is 3.58. The first-order valence-corrected chi connectivity index (χ1v) is 6.23. The quantitative estimate of drug-likeness (QED) is 0.807. The van der Waals surface area contributed by atoms with Crippen molar-refractivity contribution in [2.45, 2.75) is 0 Å². The van der Waals surface area contributed by atoms with Gasteiger partial charge in [0.15, 0.2) is 5.82 Å². The Morgan fingerprint density at radius 2 is 2.00 bits per heavy atom. The molecule has 0 bridgehead atoms. The Balaban J connectivity index is 2.57. The van der Waals surface area contributed by atoms with Crippen LogP contribution in [0, 0.1) is 0 Å². The lowest BCUT2D eigenvalue weighted by molar-refractivity contribution is 0.404. The summed E-state index contributed by atoms with van der Waals surface area (Å²) < 4.78 is 11.1. The molecule has 1 aromatic heterocycles. The third-order valence-electron chi connectivity index (χ3n) is 2.35. The second-order valence-electron chi connectivity index (χ2n) is 3.40. The summed E-state index contributed by atoms with van der Waals surface area (Å²) in [4.78, 5) is 8.41. The maximum atomic E-state index is 5.96. The number of rotatable bonds is 3. The van der Waals surface area contributed by atoms with Crippen LogP contribution in [0.4, 0.5) is 0 Å². The lowest BCUT2D eigenvalue weighted by Crippen LogP contribution is -1.95. The van der Waals surface area contributed by atoms with E-state index in [1.165, 1.54) is 0 Å². The number of aromatic nitrogens is 2. The van der Waals surface area contributed by atoms with E-state index in [1.54, 1.807) is 32.5 Å². The van der Waals surface area contributed by atoms with Gasteiger partial charge in [0.05, 0.1) is 24.3 Å². The average Bonchev–Trinajstić information content (AvgIpc) is 2.41. The van der Waals surface area contributed by atoms with Gasteiger partial charge in [0, 0.05) is 6.20 Å². The Labute approximate surface area is 118 Å². The summed E-state index contributed by atoms with van der Waals surface area (Å²) in [6, 6.07) is 5.41. The van der Waals surface area contributed by atoms with E-state index in [1.807, 2.05) is 6.07 Å². The molecule has 1 aromatic carbocycles. The number of hydrogen-bond donors (Lipinski definition) is 0. The fraction of sp³-hybridized carbons (Fsp3) is 0.167. The predicted molar refractivity (Wildman–Crippen MR) is 73.3 cm³/mol. The van der Waals surface area contributed by atoms with Crippen molar-refractivity contribution in [2.24, 2.45) is 0 Å². The monoisotopic (exact) mass is 328 g/mol. The van der Waals surface area contributed by atoms with E-state index in [2.05, 4.69) is 25.9 Å². The molecule has 0 aliphatic carbocycles. The third-order valence-corrected chi connectivity index (χ3v) is 3.45. The molecular formula is C12H10BrClN2O2. The second kappa shape index (κ2) is 5.54. The van der Waals surface area contributed by atoms with Gasteiger partial charge in [-0.2, -0.15) is 0 Å². The van der Waals surface area contributed by atoms with Crippen molar-refractivity contribution in [1.29, 1.82) is 0 Å². The number of ether oxygens (including phenoxy) is 2. The van der Waals surface area contributed by atoms with Crippen LogP contribution in [0.25, 0.3) is 11.4 Å². The van der Waals surface area contributed by atoms with E-state index in [4.69, 9.17) is 21.1 Å². The molecule has 6 heteroatoms. The lowest BCUT2D eigenvalue weighted by atomic mass is 10.1. The molecule has 4 nitrogen and oxygen atoms in total. The third kappa shape index (κ3) is 2.57. The molecule has 18 heavy (non-hydrogen) atoms. The van der Waals surface area contributed by atoms with Crippen LogP contribution in [0.2, 0.25) is 5.15 Å². The van der Waals surface area contributed by atoms with E-state index in [-0.39, 0.29) is 0 Å². The molecule has 0 N–H and O–H groups in total. The van der Waals surface area contributed by atoms with Crippen molar-refractivity contribution >= 4 is 27.5 Å². The molecule has 94 valence electrons. The smallest absolute Gasteiger partial charge is 0.164 e. The van der Waals surface area contributed by atoms with Gasteiger partial charge in [-0.1, -0.05) is 11.6 Å². The summed E-state index contributed by atoms with van der Waals surface area (Å²) in [6.07, 6.45) is 1.60. The molecule has 2 rings (SSSR count). The van der Waals surface area contributed by atoms with Crippen LogP contribution in [-0.2, 0) is 0 Å². The number of halogens is 2. The molecule has 0 amide bonds. The van der Waals surface area contributed by atoms with Crippen LogP contribution in [0.3, 0.4) is 0 Å². The molecule has 0 aliphatic rings.